The van der Waals surface area contributed by atoms with Crippen LogP contribution in [0.2, 0.25) is 0 Å². The lowest BCUT2D eigenvalue weighted by molar-refractivity contribution is 0.415. The van der Waals surface area contributed by atoms with Crippen LogP contribution < -0.4 is 15.4 Å². The molecule has 2 N–H and O–H groups in total. The normalized spacial score (nSPS) is 10.5. The second kappa shape index (κ2) is 7.04. The van der Waals surface area contributed by atoms with Crippen molar-refractivity contribution in [3.05, 3.63) is 36.0 Å². The van der Waals surface area contributed by atoms with Crippen LogP contribution in [0.3, 0.4) is 0 Å². The number of nitrogens with two attached hydrogens (primary N) is 1. The van der Waals surface area contributed by atoms with Crippen LogP contribution in [-0.4, -0.2) is 30.2 Å². The van der Waals surface area contributed by atoms with Crippen molar-refractivity contribution in [2.45, 2.75) is 20.4 Å². The molecule has 1 heterocycles. The van der Waals surface area contributed by atoms with Gasteiger partial charge >= 0.3 is 0 Å². The summed E-state index contributed by atoms with van der Waals surface area (Å²) >= 11 is 0. The highest BCUT2D eigenvalue weighted by Crippen LogP contribution is 2.23. The molecular formula is C16H22N4O. The summed E-state index contributed by atoms with van der Waals surface area (Å²) in [5.41, 5.74) is 8.52. The Morgan fingerprint density at radius 3 is 2.29 bits per heavy atom. The minimum Gasteiger partial charge on any atom is -0.497 e. The summed E-state index contributed by atoms with van der Waals surface area (Å²) in [6, 6.07) is 9.78. The fraction of sp³-hybridized carbons (Fsp3) is 0.375. The largest absolute Gasteiger partial charge is 0.497 e. The topological polar surface area (TPSA) is 64.3 Å². The molecule has 5 heteroatoms. The summed E-state index contributed by atoms with van der Waals surface area (Å²) in [5.74, 6) is 1.56. The van der Waals surface area contributed by atoms with Crippen LogP contribution in [0.1, 0.15) is 19.5 Å². The maximum Gasteiger partial charge on any atom is 0.226 e. The van der Waals surface area contributed by atoms with Gasteiger partial charge in [-0.1, -0.05) is 0 Å². The fourth-order valence-corrected chi connectivity index (χ4v) is 2.15. The molecule has 2 rings (SSSR count). The third-order valence-electron chi connectivity index (χ3n) is 3.41. The molecule has 0 spiro atoms. The maximum atomic E-state index is 5.77. The van der Waals surface area contributed by atoms with E-state index < -0.39 is 0 Å². The summed E-state index contributed by atoms with van der Waals surface area (Å²) in [7, 11) is 1.66. The van der Waals surface area contributed by atoms with Gasteiger partial charge in [0.2, 0.25) is 5.95 Å². The number of hydrogen-bond acceptors (Lipinski definition) is 5. The van der Waals surface area contributed by atoms with E-state index in [0.717, 1.165) is 41.7 Å². The first kappa shape index (κ1) is 15.3. The molecule has 0 aliphatic rings. The van der Waals surface area contributed by atoms with Crippen LogP contribution in [0.4, 0.5) is 5.95 Å². The van der Waals surface area contributed by atoms with Crippen molar-refractivity contribution in [3.8, 4) is 17.0 Å². The van der Waals surface area contributed by atoms with Crippen molar-refractivity contribution in [3.63, 3.8) is 0 Å². The molecule has 2 aromatic rings. The molecule has 0 bridgehead atoms. The number of rotatable bonds is 6. The molecule has 5 nitrogen and oxygen atoms in total. The van der Waals surface area contributed by atoms with Crippen molar-refractivity contribution in [2.75, 3.05) is 25.1 Å². The number of anilines is 1. The lowest BCUT2D eigenvalue weighted by Crippen LogP contribution is -2.25. The first-order valence-electron chi connectivity index (χ1n) is 7.19. The SMILES string of the molecule is CCN(CC)c1nc(CN)cc(-c2ccc(OC)cc2)n1. The molecule has 112 valence electrons. The van der Waals surface area contributed by atoms with E-state index in [1.807, 2.05) is 30.3 Å². The number of aromatic nitrogens is 2. The molecule has 0 unspecified atom stereocenters. The van der Waals surface area contributed by atoms with Gasteiger partial charge in [-0.25, -0.2) is 9.97 Å². The Kier molecular flexibility index (Phi) is 5.11. The molecule has 0 aliphatic carbocycles. The van der Waals surface area contributed by atoms with Gasteiger partial charge in [0.15, 0.2) is 0 Å². The summed E-state index contributed by atoms with van der Waals surface area (Å²) < 4.78 is 5.19. The first-order valence-corrected chi connectivity index (χ1v) is 7.19. The Hall–Kier alpha value is -2.14. The van der Waals surface area contributed by atoms with Crippen molar-refractivity contribution in [2.24, 2.45) is 5.73 Å². The van der Waals surface area contributed by atoms with Crippen molar-refractivity contribution in [1.29, 1.82) is 0 Å². The Bertz CT molecular complexity index is 579. The number of benzene rings is 1. The van der Waals surface area contributed by atoms with Gasteiger partial charge < -0.3 is 15.4 Å². The van der Waals surface area contributed by atoms with Crippen LogP contribution in [0.25, 0.3) is 11.3 Å². The summed E-state index contributed by atoms with van der Waals surface area (Å²) in [6.07, 6.45) is 0. The molecule has 21 heavy (non-hydrogen) atoms. The van der Waals surface area contributed by atoms with Crippen molar-refractivity contribution in [1.82, 2.24) is 9.97 Å². The number of hydrogen-bond donors (Lipinski definition) is 1. The Labute approximate surface area is 125 Å². The van der Waals surface area contributed by atoms with E-state index in [0.29, 0.717) is 6.54 Å². The number of methoxy groups -OCH3 is 1. The highest BCUT2D eigenvalue weighted by molar-refractivity contribution is 5.62. The van der Waals surface area contributed by atoms with Gasteiger partial charge in [0, 0.05) is 25.2 Å². The van der Waals surface area contributed by atoms with Crippen LogP contribution in [0.5, 0.6) is 5.75 Å². The first-order chi connectivity index (χ1) is 10.2. The van der Waals surface area contributed by atoms with Gasteiger partial charge in [-0.05, 0) is 44.2 Å². The summed E-state index contributed by atoms with van der Waals surface area (Å²) in [4.78, 5) is 11.3. The molecule has 1 aromatic carbocycles. The molecule has 0 radical (unpaired) electrons. The standard InChI is InChI=1S/C16H22N4O/c1-4-20(5-2)16-18-13(11-17)10-15(19-16)12-6-8-14(21-3)9-7-12/h6-10H,4-5,11,17H2,1-3H3. The number of ether oxygens (including phenoxy) is 1. The predicted octanol–water partition coefficient (Wildman–Crippen LogP) is 2.46. The van der Waals surface area contributed by atoms with Crippen molar-refractivity contribution >= 4 is 5.95 Å². The van der Waals surface area contributed by atoms with Crippen LogP contribution in [-0.2, 0) is 6.54 Å². The Morgan fingerprint density at radius 1 is 1.10 bits per heavy atom. The van der Waals surface area contributed by atoms with Crippen molar-refractivity contribution < 1.29 is 4.74 Å². The van der Waals surface area contributed by atoms with E-state index in [4.69, 9.17) is 10.5 Å². The minimum absolute atomic E-state index is 0.403. The zero-order chi connectivity index (χ0) is 15.2. The smallest absolute Gasteiger partial charge is 0.226 e. The van der Waals surface area contributed by atoms with Gasteiger partial charge in [-0.2, -0.15) is 0 Å². The highest BCUT2D eigenvalue weighted by Gasteiger charge is 2.10. The molecule has 0 saturated carbocycles. The second-order valence-electron chi connectivity index (χ2n) is 4.65. The fourth-order valence-electron chi connectivity index (χ4n) is 2.15. The van der Waals surface area contributed by atoms with Crippen LogP contribution in [0, 0.1) is 0 Å². The van der Waals surface area contributed by atoms with Gasteiger partial charge in [-0.15, -0.1) is 0 Å². The number of nitrogens with zero attached hydrogens (tertiary/aromatic N) is 3. The Balaban J connectivity index is 2.44. The summed E-state index contributed by atoms with van der Waals surface area (Å²) in [5, 5.41) is 0. The second-order valence-corrected chi connectivity index (χ2v) is 4.65. The zero-order valence-electron chi connectivity index (χ0n) is 12.8. The van der Waals surface area contributed by atoms with Gasteiger partial charge in [0.1, 0.15) is 5.75 Å². The van der Waals surface area contributed by atoms with Gasteiger partial charge in [0.05, 0.1) is 18.5 Å². The summed E-state index contributed by atoms with van der Waals surface area (Å²) in [6.45, 7) is 6.32. The quantitative estimate of drug-likeness (QED) is 0.883. The molecular weight excluding hydrogens is 264 g/mol. The lowest BCUT2D eigenvalue weighted by Gasteiger charge is -2.20. The highest BCUT2D eigenvalue weighted by atomic mass is 16.5. The molecule has 0 aliphatic heterocycles. The average molecular weight is 286 g/mol. The van der Waals surface area contributed by atoms with E-state index >= 15 is 0 Å². The third kappa shape index (κ3) is 3.49. The Morgan fingerprint density at radius 2 is 1.76 bits per heavy atom. The molecule has 0 amide bonds. The molecule has 1 aromatic heterocycles. The monoisotopic (exact) mass is 286 g/mol. The predicted molar refractivity (Wildman–Crippen MR) is 85.5 cm³/mol. The lowest BCUT2D eigenvalue weighted by atomic mass is 10.1. The van der Waals surface area contributed by atoms with Crippen LogP contribution >= 0.6 is 0 Å². The molecule has 0 atom stereocenters. The maximum absolute atomic E-state index is 5.77. The third-order valence-corrected chi connectivity index (χ3v) is 3.41. The molecule has 0 fully saturated rings. The van der Waals surface area contributed by atoms with Crippen LogP contribution in [0.15, 0.2) is 30.3 Å². The zero-order valence-corrected chi connectivity index (χ0v) is 12.8. The average Bonchev–Trinajstić information content (AvgIpc) is 2.55. The van der Waals surface area contributed by atoms with E-state index in [-0.39, 0.29) is 0 Å². The van der Waals surface area contributed by atoms with Gasteiger partial charge in [-0.3, -0.25) is 0 Å². The van der Waals surface area contributed by atoms with E-state index in [9.17, 15) is 0 Å². The minimum atomic E-state index is 0.403. The van der Waals surface area contributed by atoms with Gasteiger partial charge in [0.25, 0.3) is 0 Å². The van der Waals surface area contributed by atoms with E-state index in [1.165, 1.54) is 0 Å². The molecule has 0 saturated heterocycles. The van der Waals surface area contributed by atoms with E-state index in [1.54, 1.807) is 7.11 Å². The van der Waals surface area contributed by atoms with E-state index in [2.05, 4.69) is 28.7 Å².